The van der Waals surface area contributed by atoms with Crippen LogP contribution in [-0.4, -0.2) is 32.9 Å². The first-order valence-electron chi connectivity index (χ1n) is 7.61. The first-order valence-corrected chi connectivity index (χ1v) is 8.37. The SMILES string of the molecule is COc1ccc(OC)c(/C=N\OCC(=O)NCc2ccc(Cl)cc2Cl)c1. The maximum absolute atomic E-state index is 11.8. The summed E-state index contributed by atoms with van der Waals surface area (Å²) in [6, 6.07) is 10.3. The van der Waals surface area contributed by atoms with E-state index in [-0.39, 0.29) is 19.1 Å². The molecule has 1 amide bonds. The third-order valence-electron chi connectivity index (χ3n) is 3.39. The molecule has 26 heavy (non-hydrogen) atoms. The van der Waals surface area contributed by atoms with Gasteiger partial charge in [0.15, 0.2) is 6.61 Å². The van der Waals surface area contributed by atoms with Crippen LogP contribution in [0.4, 0.5) is 0 Å². The van der Waals surface area contributed by atoms with Crippen molar-refractivity contribution in [2.45, 2.75) is 6.54 Å². The number of hydrogen-bond acceptors (Lipinski definition) is 5. The summed E-state index contributed by atoms with van der Waals surface area (Å²) < 4.78 is 10.4. The standard InChI is InChI=1S/C18H18Cl2N2O4/c1-24-15-5-6-17(25-2)13(7-15)10-22-26-11-18(23)21-9-12-3-4-14(19)8-16(12)20/h3-8,10H,9,11H2,1-2H3,(H,21,23)/b22-10-. The van der Waals surface area contributed by atoms with Crippen LogP contribution >= 0.6 is 23.2 Å². The molecule has 0 aliphatic rings. The lowest BCUT2D eigenvalue weighted by atomic mass is 10.2. The van der Waals surface area contributed by atoms with Crippen LogP contribution in [0.5, 0.6) is 11.5 Å². The van der Waals surface area contributed by atoms with Gasteiger partial charge in [0.1, 0.15) is 11.5 Å². The Balaban J connectivity index is 1.83. The number of halogens is 2. The Labute approximate surface area is 161 Å². The van der Waals surface area contributed by atoms with Gasteiger partial charge in [-0.1, -0.05) is 34.4 Å². The molecule has 2 rings (SSSR count). The number of amides is 1. The van der Waals surface area contributed by atoms with Crippen LogP contribution in [0.15, 0.2) is 41.6 Å². The Morgan fingerprint density at radius 1 is 1.15 bits per heavy atom. The molecular formula is C18H18Cl2N2O4. The monoisotopic (exact) mass is 396 g/mol. The topological polar surface area (TPSA) is 69.1 Å². The van der Waals surface area contributed by atoms with Crippen molar-refractivity contribution in [3.8, 4) is 11.5 Å². The molecule has 0 aromatic heterocycles. The number of oxime groups is 1. The van der Waals surface area contributed by atoms with E-state index in [2.05, 4.69) is 10.5 Å². The van der Waals surface area contributed by atoms with E-state index in [9.17, 15) is 4.79 Å². The summed E-state index contributed by atoms with van der Waals surface area (Å²) in [5.41, 5.74) is 1.43. The van der Waals surface area contributed by atoms with E-state index in [1.165, 1.54) is 6.21 Å². The number of rotatable bonds is 8. The second-order valence-electron chi connectivity index (χ2n) is 5.13. The number of nitrogens with zero attached hydrogens (tertiary/aromatic N) is 1. The Kier molecular flexibility index (Phi) is 7.56. The Morgan fingerprint density at radius 2 is 1.96 bits per heavy atom. The number of carbonyl (C=O) groups excluding carboxylic acids is 1. The minimum absolute atomic E-state index is 0.228. The van der Waals surface area contributed by atoms with Gasteiger partial charge in [-0.2, -0.15) is 0 Å². The van der Waals surface area contributed by atoms with Gasteiger partial charge in [0, 0.05) is 22.2 Å². The minimum atomic E-state index is -0.328. The van der Waals surface area contributed by atoms with Crippen LogP contribution in [-0.2, 0) is 16.2 Å². The van der Waals surface area contributed by atoms with Gasteiger partial charge >= 0.3 is 0 Å². The van der Waals surface area contributed by atoms with Crippen molar-refractivity contribution in [1.29, 1.82) is 0 Å². The predicted octanol–water partition coefficient (Wildman–Crippen LogP) is 3.68. The first-order chi connectivity index (χ1) is 12.5. The van der Waals surface area contributed by atoms with Crippen molar-refractivity contribution < 1.29 is 19.1 Å². The molecule has 2 aromatic rings. The molecule has 1 N–H and O–H groups in total. The smallest absolute Gasteiger partial charge is 0.261 e. The average Bonchev–Trinajstić information content (AvgIpc) is 2.64. The van der Waals surface area contributed by atoms with E-state index in [4.69, 9.17) is 37.5 Å². The molecule has 0 heterocycles. The Bertz CT molecular complexity index is 797. The number of methoxy groups -OCH3 is 2. The van der Waals surface area contributed by atoms with Gasteiger partial charge < -0.3 is 19.6 Å². The van der Waals surface area contributed by atoms with Crippen molar-refractivity contribution >= 4 is 35.3 Å². The van der Waals surface area contributed by atoms with Gasteiger partial charge in [0.05, 0.1) is 20.4 Å². The van der Waals surface area contributed by atoms with Gasteiger partial charge in [-0.3, -0.25) is 4.79 Å². The van der Waals surface area contributed by atoms with Crippen molar-refractivity contribution in [3.63, 3.8) is 0 Å². The molecule has 0 saturated carbocycles. The lowest BCUT2D eigenvalue weighted by Gasteiger charge is -2.07. The molecule has 8 heteroatoms. The fraction of sp³-hybridized carbons (Fsp3) is 0.222. The highest BCUT2D eigenvalue weighted by molar-refractivity contribution is 6.35. The van der Waals surface area contributed by atoms with Crippen LogP contribution in [0.2, 0.25) is 10.0 Å². The summed E-state index contributed by atoms with van der Waals surface area (Å²) in [4.78, 5) is 16.8. The molecule has 0 aliphatic heterocycles. The minimum Gasteiger partial charge on any atom is -0.497 e. The number of benzene rings is 2. The van der Waals surface area contributed by atoms with E-state index in [0.717, 1.165) is 5.56 Å². The van der Waals surface area contributed by atoms with Gasteiger partial charge in [-0.25, -0.2) is 0 Å². The Morgan fingerprint density at radius 3 is 2.65 bits per heavy atom. The molecule has 0 spiro atoms. The van der Waals surface area contributed by atoms with Crippen molar-refractivity contribution in [2.75, 3.05) is 20.8 Å². The zero-order valence-corrected chi connectivity index (χ0v) is 15.8. The quantitative estimate of drug-likeness (QED) is 0.545. The molecule has 0 atom stereocenters. The third-order valence-corrected chi connectivity index (χ3v) is 3.98. The van der Waals surface area contributed by atoms with E-state index in [0.29, 0.717) is 27.1 Å². The fourth-order valence-electron chi connectivity index (χ4n) is 2.04. The number of hydrogen-bond donors (Lipinski definition) is 1. The number of nitrogens with one attached hydrogen (secondary N) is 1. The summed E-state index contributed by atoms with van der Waals surface area (Å²) in [5.74, 6) is 0.940. The zero-order chi connectivity index (χ0) is 18.9. The largest absolute Gasteiger partial charge is 0.497 e. The average molecular weight is 397 g/mol. The van der Waals surface area contributed by atoms with E-state index < -0.39 is 0 Å². The highest BCUT2D eigenvalue weighted by atomic mass is 35.5. The van der Waals surface area contributed by atoms with Crippen LogP contribution in [0.3, 0.4) is 0 Å². The van der Waals surface area contributed by atoms with Crippen LogP contribution in [0.25, 0.3) is 0 Å². The summed E-state index contributed by atoms with van der Waals surface area (Å²) in [5, 5.41) is 7.50. The number of carbonyl (C=O) groups is 1. The highest BCUT2D eigenvalue weighted by Crippen LogP contribution is 2.22. The maximum Gasteiger partial charge on any atom is 0.261 e. The molecule has 2 aromatic carbocycles. The van der Waals surface area contributed by atoms with Crippen LogP contribution in [0.1, 0.15) is 11.1 Å². The second kappa shape index (κ2) is 9.89. The van der Waals surface area contributed by atoms with Crippen LogP contribution in [0, 0.1) is 0 Å². The molecule has 138 valence electrons. The molecule has 0 aliphatic carbocycles. The molecular weight excluding hydrogens is 379 g/mol. The lowest BCUT2D eigenvalue weighted by Crippen LogP contribution is -2.26. The molecule has 0 fully saturated rings. The van der Waals surface area contributed by atoms with E-state index >= 15 is 0 Å². The van der Waals surface area contributed by atoms with Crippen molar-refractivity contribution in [2.24, 2.45) is 5.16 Å². The van der Waals surface area contributed by atoms with Gasteiger partial charge in [0.2, 0.25) is 0 Å². The summed E-state index contributed by atoms with van der Waals surface area (Å²) in [7, 11) is 3.12. The maximum atomic E-state index is 11.8. The van der Waals surface area contributed by atoms with Crippen LogP contribution < -0.4 is 14.8 Å². The normalized spacial score (nSPS) is 10.6. The van der Waals surface area contributed by atoms with Gasteiger partial charge in [-0.15, -0.1) is 0 Å². The highest BCUT2D eigenvalue weighted by Gasteiger charge is 2.06. The molecule has 6 nitrogen and oxygen atoms in total. The van der Waals surface area contributed by atoms with Gasteiger partial charge in [-0.05, 0) is 35.9 Å². The van der Waals surface area contributed by atoms with Crippen molar-refractivity contribution in [1.82, 2.24) is 5.32 Å². The van der Waals surface area contributed by atoms with Crippen molar-refractivity contribution in [3.05, 3.63) is 57.6 Å². The third kappa shape index (κ3) is 5.82. The predicted molar refractivity (Wildman–Crippen MR) is 101 cm³/mol. The fourth-order valence-corrected chi connectivity index (χ4v) is 2.52. The molecule has 0 saturated heterocycles. The molecule has 0 unspecified atom stereocenters. The second-order valence-corrected chi connectivity index (χ2v) is 5.97. The van der Waals surface area contributed by atoms with E-state index in [1.54, 1.807) is 50.6 Å². The summed E-state index contributed by atoms with van der Waals surface area (Å²) in [6.45, 7) is 0.0413. The summed E-state index contributed by atoms with van der Waals surface area (Å²) in [6.07, 6.45) is 1.45. The van der Waals surface area contributed by atoms with Gasteiger partial charge in [0.25, 0.3) is 5.91 Å². The lowest BCUT2D eigenvalue weighted by molar-refractivity contribution is -0.125. The number of ether oxygens (including phenoxy) is 2. The molecule has 0 bridgehead atoms. The van der Waals surface area contributed by atoms with E-state index in [1.807, 2.05) is 0 Å². The molecule has 0 radical (unpaired) electrons. The zero-order valence-electron chi connectivity index (χ0n) is 14.3. The summed E-state index contributed by atoms with van der Waals surface area (Å²) >= 11 is 11.9. The first kappa shape index (κ1) is 19.9. The Hall–Kier alpha value is -2.44.